The Kier molecular flexibility index (Phi) is 6.38. The number of β-amino-alcohol motifs (C(OH)–C–C–N with tert-alkyl or cyclic N) is 1. The number of hydrogen-bond donors (Lipinski definition) is 3. The summed E-state index contributed by atoms with van der Waals surface area (Å²) >= 11 is 0. The average molecular weight is 505 g/mol. The summed E-state index contributed by atoms with van der Waals surface area (Å²) < 4.78 is 7.33. The van der Waals surface area contributed by atoms with E-state index in [1.807, 2.05) is 53.3 Å². The Morgan fingerprint density at radius 3 is 2.95 bits per heavy atom. The van der Waals surface area contributed by atoms with Crippen molar-refractivity contribution in [2.45, 2.75) is 25.0 Å². The predicted molar refractivity (Wildman–Crippen MR) is 149 cm³/mol. The van der Waals surface area contributed by atoms with Gasteiger partial charge in [0, 0.05) is 28.6 Å². The average Bonchev–Trinajstić information content (AvgIpc) is 3.34. The highest BCUT2D eigenvalue weighted by Gasteiger charge is 2.26. The summed E-state index contributed by atoms with van der Waals surface area (Å²) in [5, 5.41) is 23.9. The van der Waals surface area contributed by atoms with E-state index in [-0.39, 0.29) is 0 Å². The topological polar surface area (TPSA) is 97.1 Å². The summed E-state index contributed by atoms with van der Waals surface area (Å²) in [6.45, 7) is 2.06. The van der Waals surface area contributed by atoms with E-state index < -0.39 is 5.60 Å². The molecule has 0 bridgehead atoms. The number of rotatable bonds is 5. The quantitative estimate of drug-likeness (QED) is 0.308. The van der Waals surface area contributed by atoms with Crippen LogP contribution in [0.25, 0.3) is 21.8 Å². The predicted octanol–water partition coefficient (Wildman–Crippen LogP) is 4.25. The highest BCUT2D eigenvalue weighted by Crippen LogP contribution is 2.27. The number of aromatic nitrogens is 4. The highest BCUT2D eigenvalue weighted by molar-refractivity contribution is 5.92. The Hall–Kier alpha value is -4.45. The Balaban J connectivity index is 1.26. The molecule has 3 heterocycles. The molecule has 1 atom stereocenters. The lowest BCUT2D eigenvalue weighted by atomic mass is 9.94. The Bertz CT molecular complexity index is 1680. The molecule has 3 N–H and O–H groups in total. The Labute approximate surface area is 220 Å². The van der Waals surface area contributed by atoms with Gasteiger partial charge >= 0.3 is 0 Å². The first-order chi connectivity index (χ1) is 18.6. The maximum absolute atomic E-state index is 10.7. The standard InChI is InChI=1S/C30H28N6O2/c1-38-25-5-2-4-22(14-25)18-36-28-9-7-24(16-23(28)17-34-36)35-29-26-15-21(6-8-27(26)32-20-33-29)10-12-30(37)11-3-13-31-19-30/h2,4-9,14-17,20,31,37H,3,11,13,18-19H2,1H3,(H,32,33,35). The van der Waals surface area contributed by atoms with Gasteiger partial charge in [-0.05, 0) is 73.5 Å². The molecule has 0 aliphatic carbocycles. The van der Waals surface area contributed by atoms with E-state index in [4.69, 9.17) is 4.74 Å². The van der Waals surface area contributed by atoms with E-state index in [0.717, 1.165) is 57.3 Å². The van der Waals surface area contributed by atoms with Crippen LogP contribution in [0.3, 0.4) is 0 Å². The van der Waals surface area contributed by atoms with Gasteiger partial charge in [0.05, 0.1) is 30.9 Å². The molecule has 5 aromatic rings. The van der Waals surface area contributed by atoms with Crippen molar-refractivity contribution in [1.29, 1.82) is 0 Å². The highest BCUT2D eigenvalue weighted by atomic mass is 16.5. The summed E-state index contributed by atoms with van der Waals surface area (Å²) in [4.78, 5) is 8.91. The molecule has 2 aromatic heterocycles. The SMILES string of the molecule is COc1cccc(Cn2ncc3cc(Nc4ncnc5ccc(C#CC6(O)CCCNC6)cc45)ccc32)c1. The number of methoxy groups -OCH3 is 1. The monoisotopic (exact) mass is 504 g/mol. The van der Waals surface area contributed by atoms with Gasteiger partial charge in [-0.3, -0.25) is 4.68 Å². The molecule has 0 amide bonds. The summed E-state index contributed by atoms with van der Waals surface area (Å²) in [7, 11) is 1.67. The second-order valence-electron chi connectivity index (χ2n) is 9.57. The van der Waals surface area contributed by atoms with Crippen molar-refractivity contribution in [2.75, 3.05) is 25.5 Å². The van der Waals surface area contributed by atoms with Crippen molar-refractivity contribution < 1.29 is 9.84 Å². The first-order valence-electron chi connectivity index (χ1n) is 12.7. The summed E-state index contributed by atoms with van der Waals surface area (Å²) in [5.41, 5.74) is 3.70. The zero-order chi connectivity index (χ0) is 26.0. The molecule has 190 valence electrons. The van der Waals surface area contributed by atoms with E-state index in [1.165, 1.54) is 0 Å². The van der Waals surface area contributed by atoms with Gasteiger partial charge in [0.1, 0.15) is 23.5 Å². The molecule has 38 heavy (non-hydrogen) atoms. The number of nitrogens with one attached hydrogen (secondary N) is 2. The Morgan fingerprint density at radius 1 is 1.13 bits per heavy atom. The van der Waals surface area contributed by atoms with Crippen molar-refractivity contribution in [3.05, 3.63) is 84.3 Å². The fourth-order valence-electron chi connectivity index (χ4n) is 4.79. The number of benzene rings is 3. The number of ether oxygens (including phenoxy) is 1. The number of piperidine rings is 1. The second-order valence-corrected chi connectivity index (χ2v) is 9.57. The lowest BCUT2D eigenvalue weighted by Gasteiger charge is -2.27. The number of hydrogen-bond acceptors (Lipinski definition) is 7. The van der Waals surface area contributed by atoms with Crippen LogP contribution in [-0.2, 0) is 6.54 Å². The van der Waals surface area contributed by atoms with Crippen LogP contribution < -0.4 is 15.4 Å². The van der Waals surface area contributed by atoms with Gasteiger partial charge in [-0.1, -0.05) is 24.0 Å². The van der Waals surface area contributed by atoms with Crippen LogP contribution in [0.2, 0.25) is 0 Å². The lowest BCUT2D eigenvalue weighted by Crippen LogP contribution is -2.44. The molecule has 0 spiro atoms. The summed E-state index contributed by atoms with van der Waals surface area (Å²) in [5.74, 6) is 7.74. The van der Waals surface area contributed by atoms with Gasteiger partial charge in [-0.15, -0.1) is 0 Å². The number of anilines is 2. The van der Waals surface area contributed by atoms with Crippen LogP contribution in [-0.4, -0.2) is 50.7 Å². The maximum Gasteiger partial charge on any atom is 0.141 e. The van der Waals surface area contributed by atoms with Crippen LogP contribution in [0, 0.1) is 11.8 Å². The third-order valence-electron chi connectivity index (χ3n) is 6.81. The molecule has 8 nitrogen and oxygen atoms in total. The van der Waals surface area contributed by atoms with E-state index in [2.05, 4.69) is 55.7 Å². The van der Waals surface area contributed by atoms with Gasteiger partial charge in [0.25, 0.3) is 0 Å². The van der Waals surface area contributed by atoms with E-state index in [9.17, 15) is 5.11 Å². The minimum absolute atomic E-state index is 0.488. The normalized spacial score (nSPS) is 17.2. The summed E-state index contributed by atoms with van der Waals surface area (Å²) in [6.07, 6.45) is 5.01. The fourth-order valence-corrected chi connectivity index (χ4v) is 4.79. The van der Waals surface area contributed by atoms with Crippen LogP contribution in [0.4, 0.5) is 11.5 Å². The van der Waals surface area contributed by atoms with Crippen molar-refractivity contribution in [3.8, 4) is 17.6 Å². The van der Waals surface area contributed by atoms with Crippen molar-refractivity contribution >= 4 is 33.3 Å². The fraction of sp³-hybridized carbons (Fsp3) is 0.233. The minimum atomic E-state index is -0.992. The van der Waals surface area contributed by atoms with Crippen LogP contribution in [0.5, 0.6) is 5.75 Å². The first kappa shape index (κ1) is 23.9. The van der Waals surface area contributed by atoms with E-state index >= 15 is 0 Å². The van der Waals surface area contributed by atoms with Crippen LogP contribution in [0.15, 0.2) is 73.2 Å². The molecule has 6 rings (SSSR count). The maximum atomic E-state index is 10.7. The molecule has 3 aromatic carbocycles. The summed E-state index contributed by atoms with van der Waals surface area (Å²) in [6, 6.07) is 20.0. The van der Waals surface area contributed by atoms with E-state index in [1.54, 1.807) is 13.4 Å². The minimum Gasteiger partial charge on any atom is -0.497 e. The molecule has 1 saturated heterocycles. The molecule has 0 radical (unpaired) electrons. The first-order valence-corrected chi connectivity index (χ1v) is 12.7. The van der Waals surface area contributed by atoms with Crippen LogP contribution in [0.1, 0.15) is 24.0 Å². The van der Waals surface area contributed by atoms with Gasteiger partial charge in [-0.25, -0.2) is 9.97 Å². The van der Waals surface area contributed by atoms with Crippen molar-refractivity contribution in [3.63, 3.8) is 0 Å². The van der Waals surface area contributed by atoms with Gasteiger partial charge in [-0.2, -0.15) is 5.10 Å². The Morgan fingerprint density at radius 2 is 2.08 bits per heavy atom. The molecule has 0 saturated carbocycles. The second kappa shape index (κ2) is 10.1. The number of fused-ring (bicyclic) bond motifs is 2. The van der Waals surface area contributed by atoms with Gasteiger partial charge < -0.3 is 20.5 Å². The molecule has 1 aliphatic heterocycles. The largest absolute Gasteiger partial charge is 0.497 e. The molecule has 1 fully saturated rings. The molecule has 1 aliphatic rings. The van der Waals surface area contributed by atoms with Crippen molar-refractivity contribution in [2.24, 2.45) is 0 Å². The molecular formula is C30H28N6O2. The number of nitrogens with zero attached hydrogens (tertiary/aromatic N) is 4. The zero-order valence-corrected chi connectivity index (χ0v) is 21.1. The van der Waals surface area contributed by atoms with Gasteiger partial charge in [0.2, 0.25) is 0 Å². The molecule has 1 unspecified atom stereocenters. The third kappa shape index (κ3) is 5.02. The van der Waals surface area contributed by atoms with Gasteiger partial charge in [0.15, 0.2) is 0 Å². The zero-order valence-electron chi connectivity index (χ0n) is 21.1. The van der Waals surface area contributed by atoms with E-state index in [0.29, 0.717) is 25.3 Å². The smallest absolute Gasteiger partial charge is 0.141 e. The third-order valence-corrected chi connectivity index (χ3v) is 6.81. The lowest BCUT2D eigenvalue weighted by molar-refractivity contribution is 0.0736. The molecular weight excluding hydrogens is 476 g/mol. The molecule has 8 heteroatoms. The number of aliphatic hydroxyl groups is 1. The van der Waals surface area contributed by atoms with Crippen molar-refractivity contribution in [1.82, 2.24) is 25.1 Å². The van der Waals surface area contributed by atoms with Crippen LogP contribution >= 0.6 is 0 Å².